The Morgan fingerprint density at radius 1 is 1.04 bits per heavy atom. The standard InChI is InChI=1S/C18H15F3N2OS/c19-18(20,21)14-8-4-7-13(9-14)10-15-16(24)23-17(25-15)22-11-12-5-2-1-3-6-12/h1-9,15H,10-11H2,(H,22,23,24). The zero-order valence-electron chi connectivity index (χ0n) is 13.1. The Labute approximate surface area is 147 Å². The normalized spacial score (nSPS) is 19.2. The van der Waals surface area contributed by atoms with Gasteiger partial charge in [0.15, 0.2) is 5.17 Å². The fourth-order valence-corrected chi connectivity index (χ4v) is 3.46. The molecular weight excluding hydrogens is 349 g/mol. The third-order valence-electron chi connectivity index (χ3n) is 3.70. The van der Waals surface area contributed by atoms with Crippen LogP contribution in [0.1, 0.15) is 16.7 Å². The van der Waals surface area contributed by atoms with E-state index in [-0.39, 0.29) is 12.3 Å². The summed E-state index contributed by atoms with van der Waals surface area (Å²) in [5.74, 6) is -0.228. The van der Waals surface area contributed by atoms with Gasteiger partial charge in [-0.2, -0.15) is 13.2 Å². The van der Waals surface area contributed by atoms with Gasteiger partial charge < -0.3 is 5.32 Å². The Balaban J connectivity index is 1.65. The zero-order valence-corrected chi connectivity index (χ0v) is 13.9. The number of amides is 1. The molecule has 1 amide bonds. The highest BCUT2D eigenvalue weighted by Gasteiger charge is 2.33. The van der Waals surface area contributed by atoms with E-state index >= 15 is 0 Å². The van der Waals surface area contributed by atoms with E-state index in [2.05, 4.69) is 10.3 Å². The first-order valence-electron chi connectivity index (χ1n) is 7.64. The van der Waals surface area contributed by atoms with Gasteiger partial charge in [-0.25, -0.2) is 0 Å². The summed E-state index contributed by atoms with van der Waals surface area (Å²) in [4.78, 5) is 16.4. The van der Waals surface area contributed by atoms with Crippen LogP contribution in [0.2, 0.25) is 0 Å². The number of aliphatic imine (C=N–C) groups is 1. The molecular formula is C18H15F3N2OS. The molecule has 1 N–H and O–H groups in total. The molecule has 0 bridgehead atoms. The first-order chi connectivity index (χ1) is 11.9. The lowest BCUT2D eigenvalue weighted by molar-refractivity contribution is -0.137. The number of carbonyl (C=O) groups is 1. The minimum Gasteiger partial charge on any atom is -0.304 e. The fraction of sp³-hybridized carbons (Fsp3) is 0.222. The van der Waals surface area contributed by atoms with Crippen LogP contribution in [0.25, 0.3) is 0 Å². The number of rotatable bonds is 4. The second-order valence-corrected chi connectivity index (χ2v) is 6.80. The number of carbonyl (C=O) groups excluding carboxylic acids is 1. The van der Waals surface area contributed by atoms with Gasteiger partial charge in [0.1, 0.15) is 0 Å². The largest absolute Gasteiger partial charge is 0.416 e. The van der Waals surface area contributed by atoms with Crippen LogP contribution >= 0.6 is 11.8 Å². The summed E-state index contributed by atoms with van der Waals surface area (Å²) >= 11 is 1.25. The van der Waals surface area contributed by atoms with E-state index in [0.717, 1.165) is 17.7 Å². The molecule has 130 valence electrons. The van der Waals surface area contributed by atoms with E-state index in [1.54, 1.807) is 6.07 Å². The SMILES string of the molecule is O=C1NC(=NCc2ccccc2)SC1Cc1cccc(C(F)(F)F)c1. The molecule has 0 saturated carbocycles. The van der Waals surface area contributed by atoms with Gasteiger partial charge in [0.2, 0.25) is 5.91 Å². The second-order valence-electron chi connectivity index (χ2n) is 5.60. The van der Waals surface area contributed by atoms with Crippen LogP contribution in [-0.2, 0) is 23.9 Å². The monoisotopic (exact) mass is 364 g/mol. The summed E-state index contributed by atoms with van der Waals surface area (Å²) in [6.07, 6.45) is -4.16. The second kappa shape index (κ2) is 7.31. The maximum absolute atomic E-state index is 12.8. The molecule has 1 unspecified atom stereocenters. The van der Waals surface area contributed by atoms with Gasteiger partial charge in [-0.15, -0.1) is 0 Å². The highest BCUT2D eigenvalue weighted by Crippen LogP contribution is 2.31. The molecule has 2 aromatic carbocycles. The van der Waals surface area contributed by atoms with Crippen molar-refractivity contribution in [3.8, 4) is 0 Å². The van der Waals surface area contributed by atoms with E-state index < -0.39 is 17.0 Å². The molecule has 3 nitrogen and oxygen atoms in total. The first-order valence-corrected chi connectivity index (χ1v) is 8.52. The number of hydrogen-bond acceptors (Lipinski definition) is 3. The number of alkyl halides is 3. The third kappa shape index (κ3) is 4.63. The maximum Gasteiger partial charge on any atom is 0.416 e. The number of amidine groups is 1. The summed E-state index contributed by atoms with van der Waals surface area (Å²) in [6, 6.07) is 14.7. The van der Waals surface area contributed by atoms with Crippen molar-refractivity contribution < 1.29 is 18.0 Å². The minimum absolute atomic E-state index is 0.227. The van der Waals surface area contributed by atoms with E-state index in [0.29, 0.717) is 17.3 Å². The predicted octanol–water partition coefficient (Wildman–Crippen LogP) is 4.04. The number of thioether (sulfide) groups is 1. The number of halogens is 3. The van der Waals surface area contributed by atoms with Crippen LogP contribution in [0.3, 0.4) is 0 Å². The zero-order chi connectivity index (χ0) is 17.9. The topological polar surface area (TPSA) is 41.5 Å². The van der Waals surface area contributed by atoms with Crippen molar-refractivity contribution in [2.75, 3.05) is 0 Å². The van der Waals surface area contributed by atoms with Crippen LogP contribution in [-0.4, -0.2) is 16.3 Å². The molecule has 0 aromatic heterocycles. The number of hydrogen-bond donors (Lipinski definition) is 1. The fourth-order valence-electron chi connectivity index (χ4n) is 2.45. The molecule has 1 atom stereocenters. The molecule has 3 rings (SSSR count). The summed E-state index contributed by atoms with van der Waals surface area (Å²) in [5.41, 5.74) is 0.796. The van der Waals surface area contributed by atoms with Crippen molar-refractivity contribution in [3.63, 3.8) is 0 Å². The van der Waals surface area contributed by atoms with E-state index in [1.807, 2.05) is 30.3 Å². The molecule has 1 saturated heterocycles. The first kappa shape index (κ1) is 17.5. The molecule has 25 heavy (non-hydrogen) atoms. The predicted molar refractivity (Wildman–Crippen MR) is 92.3 cm³/mol. The highest BCUT2D eigenvalue weighted by molar-refractivity contribution is 8.15. The summed E-state index contributed by atoms with van der Waals surface area (Å²) in [6.45, 7) is 0.444. The Kier molecular flexibility index (Phi) is 5.13. The van der Waals surface area contributed by atoms with Crippen LogP contribution in [0, 0.1) is 0 Å². The van der Waals surface area contributed by atoms with Gasteiger partial charge in [-0.3, -0.25) is 9.79 Å². The van der Waals surface area contributed by atoms with Gasteiger partial charge in [0, 0.05) is 0 Å². The van der Waals surface area contributed by atoms with E-state index in [9.17, 15) is 18.0 Å². The Hall–Kier alpha value is -2.28. The van der Waals surface area contributed by atoms with Crippen molar-refractivity contribution in [2.24, 2.45) is 4.99 Å². The van der Waals surface area contributed by atoms with E-state index in [1.165, 1.54) is 17.8 Å². The van der Waals surface area contributed by atoms with Crippen LogP contribution in [0.15, 0.2) is 59.6 Å². The van der Waals surface area contributed by atoms with Crippen molar-refractivity contribution >= 4 is 22.8 Å². The smallest absolute Gasteiger partial charge is 0.304 e. The molecule has 1 aliphatic rings. The Morgan fingerprint density at radius 2 is 1.76 bits per heavy atom. The minimum atomic E-state index is -4.39. The molecule has 1 heterocycles. The van der Waals surface area contributed by atoms with Crippen molar-refractivity contribution in [2.45, 2.75) is 24.4 Å². The van der Waals surface area contributed by atoms with Crippen LogP contribution < -0.4 is 5.32 Å². The van der Waals surface area contributed by atoms with Crippen molar-refractivity contribution in [3.05, 3.63) is 71.3 Å². The summed E-state index contributed by atoms with van der Waals surface area (Å²) < 4.78 is 38.3. The molecule has 7 heteroatoms. The quantitative estimate of drug-likeness (QED) is 0.890. The van der Waals surface area contributed by atoms with Gasteiger partial charge in [0.25, 0.3) is 0 Å². The van der Waals surface area contributed by atoms with Crippen molar-refractivity contribution in [1.82, 2.24) is 5.32 Å². The van der Waals surface area contributed by atoms with Crippen molar-refractivity contribution in [1.29, 1.82) is 0 Å². The lowest BCUT2D eigenvalue weighted by Crippen LogP contribution is -2.26. The lowest BCUT2D eigenvalue weighted by atomic mass is 10.1. The Morgan fingerprint density at radius 3 is 2.48 bits per heavy atom. The molecule has 0 radical (unpaired) electrons. The lowest BCUT2D eigenvalue weighted by Gasteiger charge is -2.10. The molecule has 2 aromatic rings. The number of nitrogens with one attached hydrogen (secondary N) is 1. The average molecular weight is 364 g/mol. The Bertz CT molecular complexity index is 790. The van der Waals surface area contributed by atoms with E-state index in [4.69, 9.17) is 0 Å². The van der Waals surface area contributed by atoms with Crippen LogP contribution in [0.4, 0.5) is 13.2 Å². The molecule has 1 aliphatic heterocycles. The molecule has 0 aliphatic carbocycles. The summed E-state index contributed by atoms with van der Waals surface area (Å²) in [5, 5.41) is 2.72. The number of benzene rings is 2. The van der Waals surface area contributed by atoms with Gasteiger partial charge in [0.05, 0.1) is 17.4 Å². The van der Waals surface area contributed by atoms with Gasteiger partial charge in [-0.05, 0) is 23.6 Å². The van der Waals surface area contributed by atoms with Gasteiger partial charge in [-0.1, -0.05) is 60.3 Å². The van der Waals surface area contributed by atoms with Gasteiger partial charge >= 0.3 is 6.18 Å². The maximum atomic E-state index is 12.8. The molecule has 1 fully saturated rings. The molecule has 0 spiro atoms. The highest BCUT2D eigenvalue weighted by atomic mass is 32.2. The number of nitrogens with zero attached hydrogens (tertiary/aromatic N) is 1. The third-order valence-corrected chi connectivity index (χ3v) is 4.82. The van der Waals surface area contributed by atoms with Crippen LogP contribution in [0.5, 0.6) is 0 Å². The summed E-state index contributed by atoms with van der Waals surface area (Å²) in [7, 11) is 0. The average Bonchev–Trinajstić information content (AvgIpc) is 2.93.